The fourth-order valence-electron chi connectivity index (χ4n) is 1.09. The van der Waals surface area contributed by atoms with Gasteiger partial charge in [-0.2, -0.15) is 10.2 Å². The molecule has 0 fully saturated rings. The summed E-state index contributed by atoms with van der Waals surface area (Å²) in [5.74, 6) is -0.554. The molecular formula is C8H5N5O2. The van der Waals surface area contributed by atoms with Crippen molar-refractivity contribution in [2.45, 2.75) is 6.42 Å². The summed E-state index contributed by atoms with van der Waals surface area (Å²) in [6, 6.07) is 1.90. The third kappa shape index (κ3) is 1.73. The van der Waals surface area contributed by atoms with Gasteiger partial charge in [0.15, 0.2) is 5.82 Å². The Kier molecular flexibility index (Phi) is 2.02. The number of fused-ring (bicyclic) bond motifs is 1. The summed E-state index contributed by atoms with van der Waals surface area (Å²) in [7, 11) is 0. The summed E-state index contributed by atoms with van der Waals surface area (Å²) in [5.41, 5.74) is 0.342. The second-order valence-corrected chi connectivity index (χ2v) is 2.80. The Morgan fingerprint density at radius 1 is 1.67 bits per heavy atom. The third-order valence-corrected chi connectivity index (χ3v) is 1.68. The Labute approximate surface area is 83.6 Å². The number of carbonyl (C=O) groups is 1. The van der Waals surface area contributed by atoms with Crippen molar-refractivity contribution in [1.82, 2.24) is 19.6 Å². The van der Waals surface area contributed by atoms with E-state index in [1.807, 2.05) is 6.07 Å². The molecule has 15 heavy (non-hydrogen) atoms. The minimum atomic E-state index is -1.01. The maximum Gasteiger partial charge on any atom is 0.311 e. The Hall–Kier alpha value is -2.49. The molecule has 0 aliphatic rings. The lowest BCUT2D eigenvalue weighted by atomic mass is 10.4. The van der Waals surface area contributed by atoms with Crippen LogP contribution in [-0.4, -0.2) is 30.7 Å². The largest absolute Gasteiger partial charge is 0.481 e. The molecule has 0 saturated carbocycles. The van der Waals surface area contributed by atoms with Gasteiger partial charge >= 0.3 is 5.97 Å². The normalized spacial score (nSPS) is 10.1. The molecule has 7 heteroatoms. The monoisotopic (exact) mass is 203 g/mol. The second kappa shape index (κ2) is 3.34. The molecule has 2 heterocycles. The molecule has 0 saturated heterocycles. The molecule has 0 atom stereocenters. The molecule has 0 amide bonds. The van der Waals surface area contributed by atoms with Crippen LogP contribution in [0.1, 0.15) is 11.4 Å². The number of nitriles is 1. The Bertz CT molecular complexity index is 568. The topological polar surface area (TPSA) is 104 Å². The molecule has 1 N–H and O–H groups in total. The van der Waals surface area contributed by atoms with Crippen molar-refractivity contribution in [3.05, 3.63) is 23.8 Å². The highest BCUT2D eigenvalue weighted by Crippen LogP contribution is 2.01. The Morgan fingerprint density at radius 3 is 3.13 bits per heavy atom. The highest BCUT2D eigenvalue weighted by molar-refractivity contribution is 5.69. The van der Waals surface area contributed by atoms with Crippen molar-refractivity contribution in [2.24, 2.45) is 0 Å². The maximum absolute atomic E-state index is 10.4. The van der Waals surface area contributed by atoms with Gasteiger partial charge in [0.1, 0.15) is 12.5 Å². The summed E-state index contributed by atoms with van der Waals surface area (Å²) < 4.78 is 1.29. The second-order valence-electron chi connectivity index (χ2n) is 2.80. The smallest absolute Gasteiger partial charge is 0.311 e. The molecule has 0 unspecified atom stereocenters. The number of aliphatic carboxylic acids is 1. The van der Waals surface area contributed by atoms with Crippen LogP contribution in [0, 0.1) is 11.3 Å². The molecule has 0 spiro atoms. The predicted octanol–water partition coefficient (Wildman–Crippen LogP) is -0.377. The number of carboxylic acids is 1. The van der Waals surface area contributed by atoms with E-state index in [4.69, 9.17) is 10.4 Å². The highest BCUT2D eigenvalue weighted by Gasteiger charge is 2.08. The van der Waals surface area contributed by atoms with E-state index >= 15 is 0 Å². The van der Waals surface area contributed by atoms with E-state index in [1.54, 1.807) is 0 Å². The lowest BCUT2D eigenvalue weighted by molar-refractivity contribution is -0.136. The van der Waals surface area contributed by atoms with Gasteiger partial charge in [-0.3, -0.25) is 4.79 Å². The molecule has 7 nitrogen and oxygen atoms in total. The van der Waals surface area contributed by atoms with Crippen LogP contribution < -0.4 is 0 Å². The number of hydrogen-bond donors (Lipinski definition) is 1. The Balaban J connectivity index is 2.47. The van der Waals surface area contributed by atoms with E-state index in [0.29, 0.717) is 5.56 Å². The Morgan fingerprint density at radius 2 is 2.47 bits per heavy atom. The van der Waals surface area contributed by atoms with Gasteiger partial charge in [0.25, 0.3) is 5.78 Å². The number of aromatic nitrogens is 4. The molecule has 0 aliphatic carbocycles. The average Bonchev–Trinajstić information content (AvgIpc) is 2.57. The van der Waals surface area contributed by atoms with Crippen molar-refractivity contribution in [2.75, 3.05) is 0 Å². The number of hydrogen-bond acceptors (Lipinski definition) is 5. The molecule has 2 rings (SSSR count). The zero-order valence-electron chi connectivity index (χ0n) is 7.45. The van der Waals surface area contributed by atoms with Crippen LogP contribution in [0.2, 0.25) is 0 Å². The number of rotatable bonds is 2. The fourth-order valence-corrected chi connectivity index (χ4v) is 1.09. The van der Waals surface area contributed by atoms with Crippen LogP contribution in [0.15, 0.2) is 12.4 Å². The van der Waals surface area contributed by atoms with Gasteiger partial charge in [-0.05, 0) is 0 Å². The van der Waals surface area contributed by atoms with Crippen LogP contribution in [0.5, 0.6) is 0 Å². The van der Waals surface area contributed by atoms with Crippen molar-refractivity contribution < 1.29 is 9.90 Å². The van der Waals surface area contributed by atoms with Crippen molar-refractivity contribution in [3.63, 3.8) is 0 Å². The highest BCUT2D eigenvalue weighted by atomic mass is 16.4. The van der Waals surface area contributed by atoms with Crippen LogP contribution in [-0.2, 0) is 11.2 Å². The summed E-state index contributed by atoms with van der Waals surface area (Å²) in [6.45, 7) is 0. The van der Waals surface area contributed by atoms with Gasteiger partial charge in [-0.25, -0.2) is 9.50 Å². The summed E-state index contributed by atoms with van der Waals surface area (Å²) >= 11 is 0. The van der Waals surface area contributed by atoms with Crippen LogP contribution in [0.25, 0.3) is 5.78 Å². The molecule has 0 aliphatic heterocycles. The van der Waals surface area contributed by atoms with E-state index in [9.17, 15) is 4.79 Å². The van der Waals surface area contributed by atoms with Gasteiger partial charge in [0.2, 0.25) is 0 Å². The van der Waals surface area contributed by atoms with Crippen LogP contribution in [0.4, 0.5) is 0 Å². The van der Waals surface area contributed by atoms with Gasteiger partial charge in [0, 0.05) is 0 Å². The van der Waals surface area contributed by atoms with Crippen molar-refractivity contribution >= 4 is 11.7 Å². The van der Waals surface area contributed by atoms with E-state index < -0.39 is 5.97 Å². The van der Waals surface area contributed by atoms with Crippen molar-refractivity contribution in [3.8, 4) is 6.07 Å². The first-order chi connectivity index (χ1) is 7.19. The zero-order valence-corrected chi connectivity index (χ0v) is 7.45. The van der Waals surface area contributed by atoms with E-state index in [1.165, 1.54) is 16.9 Å². The SMILES string of the molecule is N#Cc1cnc2nc(CC(=O)O)nn2c1. The summed E-state index contributed by atoms with van der Waals surface area (Å²) in [6.07, 6.45) is 2.54. The third-order valence-electron chi connectivity index (χ3n) is 1.68. The van der Waals surface area contributed by atoms with Crippen LogP contribution >= 0.6 is 0 Å². The lowest BCUT2D eigenvalue weighted by Crippen LogP contribution is -2.01. The van der Waals surface area contributed by atoms with E-state index in [2.05, 4.69) is 15.1 Å². The molecule has 74 valence electrons. The van der Waals surface area contributed by atoms with Gasteiger partial charge in [-0.15, -0.1) is 5.10 Å². The molecule has 0 aromatic carbocycles. The standard InChI is InChI=1S/C8H5N5O2/c9-2-5-3-10-8-11-6(1-7(14)15)12-13(8)4-5/h3-4H,1H2,(H,14,15). The molecule has 0 bridgehead atoms. The maximum atomic E-state index is 10.4. The fraction of sp³-hybridized carbons (Fsp3) is 0.125. The van der Waals surface area contributed by atoms with Crippen molar-refractivity contribution in [1.29, 1.82) is 5.26 Å². The average molecular weight is 203 g/mol. The first-order valence-corrected chi connectivity index (χ1v) is 4.02. The summed E-state index contributed by atoms with van der Waals surface area (Å²) in [5, 5.41) is 21.0. The molecule has 2 aromatic rings. The van der Waals surface area contributed by atoms with E-state index in [0.717, 1.165) is 0 Å². The van der Waals surface area contributed by atoms with Gasteiger partial charge < -0.3 is 5.11 Å². The van der Waals surface area contributed by atoms with E-state index in [-0.39, 0.29) is 18.0 Å². The molecule has 2 aromatic heterocycles. The van der Waals surface area contributed by atoms with Crippen LogP contribution in [0.3, 0.4) is 0 Å². The predicted molar refractivity (Wildman–Crippen MR) is 46.8 cm³/mol. The first-order valence-electron chi connectivity index (χ1n) is 4.02. The number of carboxylic acid groups (broad SMARTS) is 1. The number of nitrogens with zero attached hydrogens (tertiary/aromatic N) is 5. The van der Waals surface area contributed by atoms with Gasteiger partial charge in [0.05, 0.1) is 18.0 Å². The molecular weight excluding hydrogens is 198 g/mol. The minimum Gasteiger partial charge on any atom is -0.481 e. The quantitative estimate of drug-likeness (QED) is 0.713. The van der Waals surface area contributed by atoms with Gasteiger partial charge in [-0.1, -0.05) is 0 Å². The lowest BCUT2D eigenvalue weighted by Gasteiger charge is -1.88. The first kappa shape index (κ1) is 9.08. The zero-order chi connectivity index (χ0) is 10.8. The molecule has 0 radical (unpaired) electrons. The summed E-state index contributed by atoms with van der Waals surface area (Å²) in [4.78, 5) is 18.1. The minimum absolute atomic E-state index is 0.171.